The van der Waals surface area contributed by atoms with Crippen molar-refractivity contribution in [2.45, 2.75) is 56.9 Å². The van der Waals surface area contributed by atoms with E-state index < -0.39 is 21.7 Å². The largest absolute Gasteiger partial charge is 0.487 e. The second-order valence-corrected chi connectivity index (χ2v) is 11.6. The number of benzene rings is 1. The Kier molecular flexibility index (Phi) is 8.57. The highest BCUT2D eigenvalue weighted by Crippen LogP contribution is 2.34. The molecule has 190 valence electrons. The van der Waals surface area contributed by atoms with Gasteiger partial charge in [0.25, 0.3) is 0 Å². The number of likely N-dealkylation sites (N-methyl/N-ethyl adjacent to an activating group) is 1. The zero-order chi connectivity index (χ0) is 25.8. The number of aromatic nitrogens is 1. The van der Waals surface area contributed by atoms with Crippen molar-refractivity contribution < 1.29 is 23.4 Å². The fourth-order valence-corrected chi connectivity index (χ4v) is 5.74. The first-order chi connectivity index (χ1) is 16.4. The molecule has 9 heteroatoms. The predicted octanol–water partition coefficient (Wildman–Crippen LogP) is 2.10. The first-order valence-corrected chi connectivity index (χ1v) is 13.1. The van der Waals surface area contributed by atoms with Gasteiger partial charge in [-0.2, -0.15) is 4.31 Å². The second kappa shape index (κ2) is 11.1. The Labute approximate surface area is 208 Å². The first-order valence-electron chi connectivity index (χ1n) is 11.7. The number of ether oxygens (including phenoxy) is 1. The number of aliphatic hydroxyl groups is 2. The molecule has 1 aromatic heterocycles. The summed E-state index contributed by atoms with van der Waals surface area (Å²) in [6, 6.07) is 8.04. The summed E-state index contributed by atoms with van der Waals surface area (Å²) in [5.41, 5.74) is 0.473. The van der Waals surface area contributed by atoms with E-state index in [1.54, 1.807) is 45.3 Å². The van der Waals surface area contributed by atoms with E-state index in [0.717, 1.165) is 5.56 Å². The monoisotopic (exact) mass is 501 g/mol. The molecule has 0 saturated heterocycles. The smallest absolute Gasteiger partial charge is 0.247 e. The molecule has 2 N–H and O–H groups in total. The molecule has 1 aliphatic heterocycles. The molecule has 0 fully saturated rings. The van der Waals surface area contributed by atoms with E-state index in [2.05, 4.69) is 21.7 Å². The molecule has 0 bridgehead atoms. The summed E-state index contributed by atoms with van der Waals surface area (Å²) in [6.45, 7) is 8.00. The van der Waals surface area contributed by atoms with Gasteiger partial charge < -0.3 is 14.9 Å². The third-order valence-corrected chi connectivity index (χ3v) is 7.89. The van der Waals surface area contributed by atoms with E-state index >= 15 is 0 Å². The summed E-state index contributed by atoms with van der Waals surface area (Å²) in [4.78, 5) is 6.23. The van der Waals surface area contributed by atoms with Crippen molar-refractivity contribution in [1.29, 1.82) is 0 Å². The maximum atomic E-state index is 13.6. The molecule has 0 amide bonds. The van der Waals surface area contributed by atoms with Crippen LogP contribution in [-0.4, -0.2) is 77.3 Å². The van der Waals surface area contributed by atoms with Gasteiger partial charge in [0.1, 0.15) is 22.4 Å². The Morgan fingerprint density at radius 3 is 2.60 bits per heavy atom. The van der Waals surface area contributed by atoms with Gasteiger partial charge in [-0.05, 0) is 63.7 Å². The third kappa shape index (κ3) is 7.03. The Hall–Kier alpha value is -2.48. The normalized spacial score (nSPS) is 21.1. The van der Waals surface area contributed by atoms with Crippen LogP contribution < -0.4 is 4.74 Å². The topological polar surface area (TPSA) is 103 Å². The summed E-state index contributed by atoms with van der Waals surface area (Å²) < 4.78 is 34.9. The average molecular weight is 502 g/mol. The van der Waals surface area contributed by atoms with Crippen LogP contribution in [0.3, 0.4) is 0 Å². The van der Waals surface area contributed by atoms with Crippen LogP contribution >= 0.6 is 0 Å². The van der Waals surface area contributed by atoms with Gasteiger partial charge in [-0.15, -0.1) is 0 Å². The minimum atomic E-state index is -3.92. The molecule has 2 heterocycles. The number of hydrogen-bond donors (Lipinski definition) is 2. The van der Waals surface area contributed by atoms with Crippen LogP contribution in [-0.2, 0) is 16.6 Å². The Bertz CT molecular complexity index is 1170. The molecule has 35 heavy (non-hydrogen) atoms. The SMILES string of the molecule is C[C@@H]1CN([C@@H](C)CO)S(=O)(=O)c2ccc(C#CC(C)(C)O)cc2O[C@@H]1CN(C)Cc1ccncc1. The zero-order valence-corrected chi connectivity index (χ0v) is 21.8. The Morgan fingerprint density at radius 2 is 1.97 bits per heavy atom. The van der Waals surface area contributed by atoms with Crippen molar-refractivity contribution in [3.8, 4) is 17.6 Å². The molecular weight excluding hydrogens is 466 g/mol. The molecule has 1 aliphatic rings. The van der Waals surface area contributed by atoms with Crippen LogP contribution in [0.5, 0.6) is 5.75 Å². The van der Waals surface area contributed by atoms with Crippen LogP contribution in [0.15, 0.2) is 47.6 Å². The standard InChI is InChI=1S/C26H35N3O5S/c1-19-15-29(20(2)18-30)35(32,33)25-7-6-21(8-11-26(3,4)31)14-23(25)34-24(19)17-28(5)16-22-9-12-27-13-10-22/h6-7,9-10,12-14,19-20,24,30-31H,15-18H2,1-5H3/t19-,20+,24-/m1/s1. The Morgan fingerprint density at radius 1 is 1.29 bits per heavy atom. The average Bonchev–Trinajstić information content (AvgIpc) is 2.79. The number of nitrogens with zero attached hydrogens (tertiary/aromatic N) is 3. The van der Waals surface area contributed by atoms with Gasteiger partial charge >= 0.3 is 0 Å². The molecule has 0 spiro atoms. The number of sulfonamides is 1. The zero-order valence-electron chi connectivity index (χ0n) is 21.0. The van der Waals surface area contributed by atoms with Gasteiger partial charge in [-0.25, -0.2) is 8.42 Å². The van der Waals surface area contributed by atoms with E-state index in [1.807, 2.05) is 26.1 Å². The maximum absolute atomic E-state index is 13.6. The van der Waals surface area contributed by atoms with Crippen LogP contribution in [0.4, 0.5) is 0 Å². The molecular formula is C26H35N3O5S. The number of aliphatic hydroxyl groups excluding tert-OH is 1. The minimum absolute atomic E-state index is 0.0419. The maximum Gasteiger partial charge on any atom is 0.247 e. The molecule has 1 aromatic carbocycles. The number of hydrogen-bond acceptors (Lipinski definition) is 7. The minimum Gasteiger partial charge on any atom is -0.487 e. The van der Waals surface area contributed by atoms with Crippen molar-refractivity contribution >= 4 is 10.0 Å². The first kappa shape index (κ1) is 27.1. The summed E-state index contributed by atoms with van der Waals surface area (Å²) in [5, 5.41) is 19.8. The fourth-order valence-electron chi connectivity index (χ4n) is 3.92. The molecule has 0 unspecified atom stereocenters. The highest BCUT2D eigenvalue weighted by atomic mass is 32.2. The lowest BCUT2D eigenvalue weighted by molar-refractivity contribution is 0.0733. The fraction of sp³-hybridized carbons (Fsp3) is 0.500. The molecule has 0 saturated carbocycles. The van der Waals surface area contributed by atoms with Crippen LogP contribution in [0.2, 0.25) is 0 Å². The van der Waals surface area contributed by atoms with Gasteiger partial charge in [0.05, 0.1) is 6.61 Å². The van der Waals surface area contributed by atoms with Crippen LogP contribution in [0.1, 0.15) is 38.8 Å². The van der Waals surface area contributed by atoms with Gasteiger partial charge in [0.2, 0.25) is 10.0 Å². The van der Waals surface area contributed by atoms with Crippen LogP contribution in [0.25, 0.3) is 0 Å². The predicted molar refractivity (Wildman–Crippen MR) is 134 cm³/mol. The molecule has 8 nitrogen and oxygen atoms in total. The van der Waals surface area contributed by atoms with Crippen molar-refractivity contribution in [3.05, 3.63) is 53.9 Å². The number of pyridine rings is 1. The highest BCUT2D eigenvalue weighted by molar-refractivity contribution is 7.89. The number of fused-ring (bicyclic) bond motifs is 1. The van der Waals surface area contributed by atoms with Gasteiger partial charge in [-0.3, -0.25) is 9.88 Å². The van der Waals surface area contributed by atoms with E-state index in [9.17, 15) is 18.6 Å². The van der Waals surface area contributed by atoms with E-state index in [-0.39, 0.29) is 35.8 Å². The molecule has 3 atom stereocenters. The van der Waals surface area contributed by atoms with Gasteiger partial charge in [-0.1, -0.05) is 18.8 Å². The van der Waals surface area contributed by atoms with Crippen molar-refractivity contribution in [3.63, 3.8) is 0 Å². The molecule has 2 aromatic rings. The summed E-state index contributed by atoms with van der Waals surface area (Å²) in [5.74, 6) is 5.72. The third-order valence-electron chi connectivity index (χ3n) is 5.87. The lowest BCUT2D eigenvalue weighted by Crippen LogP contribution is -2.49. The second-order valence-electron chi connectivity index (χ2n) is 9.76. The lowest BCUT2D eigenvalue weighted by Gasteiger charge is -2.37. The Balaban J connectivity index is 2.00. The van der Waals surface area contributed by atoms with Gasteiger partial charge in [0, 0.05) is 49.6 Å². The van der Waals surface area contributed by atoms with Crippen molar-refractivity contribution in [2.24, 2.45) is 5.92 Å². The van der Waals surface area contributed by atoms with E-state index in [1.165, 1.54) is 10.4 Å². The molecule has 0 radical (unpaired) electrons. The quantitative estimate of drug-likeness (QED) is 0.585. The van der Waals surface area contributed by atoms with Gasteiger partial charge in [0.15, 0.2) is 0 Å². The van der Waals surface area contributed by atoms with Crippen molar-refractivity contribution in [2.75, 3.05) is 26.7 Å². The summed E-state index contributed by atoms with van der Waals surface area (Å²) >= 11 is 0. The highest BCUT2D eigenvalue weighted by Gasteiger charge is 2.38. The number of rotatable bonds is 6. The van der Waals surface area contributed by atoms with Crippen LogP contribution in [0, 0.1) is 17.8 Å². The summed E-state index contributed by atoms with van der Waals surface area (Å²) in [7, 11) is -1.92. The lowest BCUT2D eigenvalue weighted by atomic mass is 10.0. The van der Waals surface area contributed by atoms with Crippen molar-refractivity contribution in [1.82, 2.24) is 14.2 Å². The van der Waals surface area contributed by atoms with E-state index in [4.69, 9.17) is 4.74 Å². The summed E-state index contributed by atoms with van der Waals surface area (Å²) in [6.07, 6.45) is 3.19. The molecule has 3 rings (SSSR count). The molecule has 0 aliphatic carbocycles. The van der Waals surface area contributed by atoms with E-state index in [0.29, 0.717) is 18.7 Å².